The number of nitrogens with zero attached hydrogens (tertiary/aromatic N) is 1. The van der Waals surface area contributed by atoms with Crippen LogP contribution in [0.1, 0.15) is 40.5 Å². The van der Waals surface area contributed by atoms with Gasteiger partial charge in [0.25, 0.3) is 0 Å². The molecule has 1 N–H and O–H groups in total. The van der Waals surface area contributed by atoms with Crippen LogP contribution >= 0.6 is 0 Å². The molecule has 1 saturated carbocycles. The largest absolute Gasteiger partial charge is 0.314 e. The molecule has 0 heterocycles. The zero-order valence-corrected chi connectivity index (χ0v) is 8.67. The highest BCUT2D eigenvalue weighted by atomic mass is 16.5. The molecule has 1 aliphatic rings. The van der Waals surface area contributed by atoms with Crippen LogP contribution in [0.3, 0.4) is 0 Å². The van der Waals surface area contributed by atoms with Gasteiger partial charge in [-0.15, -0.1) is 0 Å². The van der Waals surface area contributed by atoms with Crippen LogP contribution in [0.4, 0.5) is 0 Å². The molecule has 12 heavy (non-hydrogen) atoms. The molecule has 0 amide bonds. The van der Waals surface area contributed by atoms with Crippen molar-refractivity contribution in [2.45, 2.75) is 46.6 Å². The summed E-state index contributed by atoms with van der Waals surface area (Å²) < 4.78 is 0. The van der Waals surface area contributed by atoms with E-state index in [9.17, 15) is 5.21 Å². The first-order chi connectivity index (χ1) is 5.41. The molecule has 0 spiro atoms. The monoisotopic (exact) mass is 171 g/mol. The van der Waals surface area contributed by atoms with Gasteiger partial charge in [0.05, 0.1) is 0 Å². The van der Waals surface area contributed by atoms with Gasteiger partial charge in [0.1, 0.15) is 0 Å². The Hall–Kier alpha value is -0.0800. The third-order valence-corrected chi connectivity index (χ3v) is 2.72. The number of hydrogen-bond acceptors (Lipinski definition) is 2. The van der Waals surface area contributed by atoms with Gasteiger partial charge in [-0.1, -0.05) is 13.8 Å². The van der Waals surface area contributed by atoms with E-state index in [4.69, 9.17) is 0 Å². The topological polar surface area (TPSA) is 23.5 Å². The van der Waals surface area contributed by atoms with Crippen molar-refractivity contribution in [3.05, 3.63) is 0 Å². The average Bonchev–Trinajstić information content (AvgIpc) is 1.83. The third-order valence-electron chi connectivity index (χ3n) is 2.72. The van der Waals surface area contributed by atoms with Crippen LogP contribution in [0, 0.1) is 11.3 Å². The van der Waals surface area contributed by atoms with E-state index in [-0.39, 0.29) is 6.04 Å². The second kappa shape index (κ2) is 3.35. The Kier molecular flexibility index (Phi) is 2.79. The smallest absolute Gasteiger partial charge is 0.0293 e. The number of rotatable bonds is 3. The summed E-state index contributed by atoms with van der Waals surface area (Å²) in [4.78, 5) is 0. The fourth-order valence-electron chi connectivity index (χ4n) is 2.11. The van der Waals surface area contributed by atoms with Crippen LogP contribution in [-0.4, -0.2) is 22.9 Å². The van der Waals surface area contributed by atoms with Gasteiger partial charge in [-0.3, -0.25) is 0 Å². The Labute approximate surface area is 75.5 Å². The zero-order chi connectivity index (χ0) is 9.35. The first-order valence-corrected chi connectivity index (χ1v) is 4.86. The summed E-state index contributed by atoms with van der Waals surface area (Å²) in [7, 11) is 0. The van der Waals surface area contributed by atoms with Crippen LogP contribution in [0.25, 0.3) is 0 Å². The predicted molar refractivity (Wildman–Crippen MR) is 50.1 cm³/mol. The van der Waals surface area contributed by atoms with Crippen molar-refractivity contribution in [1.82, 2.24) is 5.06 Å². The standard InChI is InChI=1S/C10H21NO/c1-8(2)11(12)7-9-5-10(3,4)6-9/h8-9,12H,5-7H2,1-4H3. The molecule has 0 saturated heterocycles. The minimum Gasteiger partial charge on any atom is -0.314 e. The van der Waals surface area contributed by atoms with Crippen LogP contribution in [0.2, 0.25) is 0 Å². The van der Waals surface area contributed by atoms with E-state index >= 15 is 0 Å². The molecule has 0 aromatic heterocycles. The molecular formula is C10H21NO. The quantitative estimate of drug-likeness (QED) is 0.659. The molecule has 0 unspecified atom stereocenters. The third kappa shape index (κ3) is 2.46. The van der Waals surface area contributed by atoms with Crippen molar-refractivity contribution < 1.29 is 5.21 Å². The Morgan fingerprint density at radius 3 is 2.25 bits per heavy atom. The van der Waals surface area contributed by atoms with Crippen molar-refractivity contribution in [3.8, 4) is 0 Å². The molecule has 1 fully saturated rings. The summed E-state index contributed by atoms with van der Waals surface area (Å²) in [5.74, 6) is 0.715. The minimum atomic E-state index is 0.258. The molecule has 2 nitrogen and oxygen atoms in total. The summed E-state index contributed by atoms with van der Waals surface area (Å²) in [6, 6.07) is 0.258. The molecule has 0 aromatic rings. The lowest BCUT2D eigenvalue weighted by Gasteiger charge is -2.44. The highest BCUT2D eigenvalue weighted by Crippen LogP contribution is 2.44. The Morgan fingerprint density at radius 1 is 1.42 bits per heavy atom. The van der Waals surface area contributed by atoms with E-state index in [1.807, 2.05) is 13.8 Å². The van der Waals surface area contributed by atoms with Crippen molar-refractivity contribution in [2.24, 2.45) is 11.3 Å². The van der Waals surface area contributed by atoms with Crippen LogP contribution < -0.4 is 0 Å². The second-order valence-electron chi connectivity index (χ2n) is 5.15. The lowest BCUT2D eigenvalue weighted by Crippen LogP contribution is -2.41. The maximum Gasteiger partial charge on any atom is 0.0293 e. The van der Waals surface area contributed by atoms with E-state index in [1.165, 1.54) is 17.9 Å². The fraction of sp³-hybridized carbons (Fsp3) is 1.00. The Morgan fingerprint density at radius 2 is 1.92 bits per heavy atom. The first kappa shape index (κ1) is 10.0. The van der Waals surface area contributed by atoms with Gasteiger partial charge in [0, 0.05) is 12.6 Å². The summed E-state index contributed by atoms with van der Waals surface area (Å²) in [6.45, 7) is 9.47. The lowest BCUT2D eigenvalue weighted by molar-refractivity contribution is -0.141. The van der Waals surface area contributed by atoms with Gasteiger partial charge in [0.2, 0.25) is 0 Å². The fourth-order valence-corrected chi connectivity index (χ4v) is 2.11. The van der Waals surface area contributed by atoms with E-state index in [0.29, 0.717) is 11.3 Å². The van der Waals surface area contributed by atoms with Gasteiger partial charge >= 0.3 is 0 Å². The van der Waals surface area contributed by atoms with Gasteiger partial charge < -0.3 is 5.21 Å². The van der Waals surface area contributed by atoms with Gasteiger partial charge in [-0.2, -0.15) is 5.06 Å². The van der Waals surface area contributed by atoms with Gasteiger partial charge in [0.15, 0.2) is 0 Å². The normalized spacial score (nSPS) is 23.2. The molecule has 72 valence electrons. The molecule has 0 aliphatic heterocycles. The van der Waals surface area contributed by atoms with Crippen molar-refractivity contribution in [3.63, 3.8) is 0 Å². The maximum atomic E-state index is 9.47. The van der Waals surface area contributed by atoms with Crippen molar-refractivity contribution in [2.75, 3.05) is 6.54 Å². The average molecular weight is 171 g/mol. The lowest BCUT2D eigenvalue weighted by atomic mass is 9.64. The van der Waals surface area contributed by atoms with E-state index < -0.39 is 0 Å². The summed E-state index contributed by atoms with van der Waals surface area (Å²) in [6.07, 6.45) is 2.52. The molecule has 0 radical (unpaired) electrons. The predicted octanol–water partition coefficient (Wildman–Crippen LogP) is 2.52. The summed E-state index contributed by atoms with van der Waals surface area (Å²) >= 11 is 0. The molecule has 2 heteroatoms. The highest BCUT2D eigenvalue weighted by Gasteiger charge is 2.36. The SMILES string of the molecule is CC(C)N(O)CC1CC(C)(C)C1. The molecule has 0 aromatic carbocycles. The van der Waals surface area contributed by atoms with Crippen LogP contribution in [0.15, 0.2) is 0 Å². The molecule has 0 atom stereocenters. The summed E-state index contributed by atoms with van der Waals surface area (Å²) in [5, 5.41) is 10.9. The first-order valence-electron chi connectivity index (χ1n) is 4.86. The maximum absolute atomic E-state index is 9.47. The van der Waals surface area contributed by atoms with E-state index in [2.05, 4.69) is 13.8 Å². The summed E-state index contributed by atoms with van der Waals surface area (Å²) in [5.41, 5.74) is 0.530. The van der Waals surface area contributed by atoms with Gasteiger partial charge in [-0.25, -0.2) is 0 Å². The highest BCUT2D eigenvalue weighted by molar-refractivity contribution is 4.87. The zero-order valence-electron chi connectivity index (χ0n) is 8.67. The second-order valence-corrected chi connectivity index (χ2v) is 5.15. The number of hydrogen-bond donors (Lipinski definition) is 1. The van der Waals surface area contributed by atoms with Crippen molar-refractivity contribution in [1.29, 1.82) is 0 Å². The van der Waals surface area contributed by atoms with Crippen LogP contribution in [0.5, 0.6) is 0 Å². The minimum absolute atomic E-state index is 0.258. The van der Waals surface area contributed by atoms with E-state index in [1.54, 1.807) is 0 Å². The van der Waals surface area contributed by atoms with Crippen LogP contribution in [-0.2, 0) is 0 Å². The molecule has 1 aliphatic carbocycles. The van der Waals surface area contributed by atoms with E-state index in [0.717, 1.165) is 6.54 Å². The molecule has 1 rings (SSSR count). The Balaban J connectivity index is 2.19. The number of hydroxylamine groups is 2. The molecule has 0 bridgehead atoms. The van der Waals surface area contributed by atoms with Gasteiger partial charge in [-0.05, 0) is 38.0 Å². The Bertz CT molecular complexity index is 146. The van der Waals surface area contributed by atoms with Crippen molar-refractivity contribution >= 4 is 0 Å². The molecular weight excluding hydrogens is 150 g/mol.